The fraction of sp³-hybridized carbons (Fsp3) is 0.286. The third kappa shape index (κ3) is 1.89. The summed E-state index contributed by atoms with van der Waals surface area (Å²) in [4.78, 5) is 48.5. The van der Waals surface area contributed by atoms with Crippen molar-refractivity contribution in [2.75, 3.05) is 0 Å². The highest BCUT2D eigenvalue weighted by Gasteiger charge is 2.41. The van der Waals surface area contributed by atoms with E-state index in [2.05, 4.69) is 5.32 Å². The number of nitrogens with zero attached hydrogens (tertiary/aromatic N) is 1. The van der Waals surface area contributed by atoms with Crippen LogP contribution in [0.15, 0.2) is 24.3 Å². The summed E-state index contributed by atoms with van der Waals surface area (Å²) < 4.78 is 0. The second-order valence-corrected chi connectivity index (χ2v) is 4.87. The van der Waals surface area contributed by atoms with Crippen molar-refractivity contribution < 1.29 is 19.2 Å². The first-order chi connectivity index (χ1) is 9.58. The van der Waals surface area contributed by atoms with Gasteiger partial charge in [0.25, 0.3) is 5.91 Å². The largest absolute Gasteiger partial charge is 0.295 e. The van der Waals surface area contributed by atoms with Crippen LogP contribution in [-0.4, -0.2) is 34.6 Å². The smallest absolute Gasteiger partial charge is 0.261 e. The SMILES string of the molecule is O=C1CC[C@H](N2C(=O)Cc3ccccc3C2=O)C(=O)N1. The second kappa shape index (κ2) is 4.56. The Morgan fingerprint density at radius 2 is 1.85 bits per heavy atom. The zero-order valence-corrected chi connectivity index (χ0v) is 10.6. The Hall–Kier alpha value is -2.50. The van der Waals surface area contributed by atoms with Gasteiger partial charge in [0.15, 0.2) is 0 Å². The Morgan fingerprint density at radius 3 is 2.60 bits per heavy atom. The van der Waals surface area contributed by atoms with Crippen LogP contribution in [0.2, 0.25) is 0 Å². The van der Waals surface area contributed by atoms with E-state index in [0.717, 1.165) is 4.90 Å². The molecule has 0 unspecified atom stereocenters. The fourth-order valence-electron chi connectivity index (χ4n) is 2.62. The van der Waals surface area contributed by atoms with E-state index >= 15 is 0 Å². The minimum absolute atomic E-state index is 0.0969. The lowest BCUT2D eigenvalue weighted by Gasteiger charge is -2.34. The van der Waals surface area contributed by atoms with Crippen molar-refractivity contribution in [3.8, 4) is 0 Å². The molecule has 0 aliphatic carbocycles. The van der Waals surface area contributed by atoms with Crippen molar-refractivity contribution >= 4 is 23.6 Å². The van der Waals surface area contributed by atoms with Crippen LogP contribution in [0.1, 0.15) is 28.8 Å². The number of nitrogens with one attached hydrogen (secondary N) is 1. The van der Waals surface area contributed by atoms with Crippen LogP contribution < -0.4 is 5.32 Å². The minimum atomic E-state index is -0.888. The van der Waals surface area contributed by atoms with Crippen molar-refractivity contribution in [2.24, 2.45) is 0 Å². The van der Waals surface area contributed by atoms with E-state index in [1.165, 1.54) is 0 Å². The van der Waals surface area contributed by atoms with Gasteiger partial charge in [-0.15, -0.1) is 0 Å². The Morgan fingerprint density at radius 1 is 1.10 bits per heavy atom. The molecule has 1 N–H and O–H groups in total. The molecule has 1 aromatic carbocycles. The average Bonchev–Trinajstić information content (AvgIpc) is 2.41. The summed E-state index contributed by atoms with van der Waals surface area (Å²) in [5.74, 6) is -1.82. The predicted octanol–water partition coefficient (Wildman–Crippen LogP) is 0.0167. The van der Waals surface area contributed by atoms with Gasteiger partial charge in [0, 0.05) is 12.0 Å². The van der Waals surface area contributed by atoms with Crippen LogP contribution in [0.4, 0.5) is 0 Å². The van der Waals surface area contributed by atoms with E-state index in [9.17, 15) is 19.2 Å². The van der Waals surface area contributed by atoms with Crippen LogP contribution in [0.5, 0.6) is 0 Å². The number of fused-ring (bicyclic) bond motifs is 1. The Kier molecular flexibility index (Phi) is 2.85. The molecule has 6 heteroatoms. The van der Waals surface area contributed by atoms with E-state index in [-0.39, 0.29) is 25.2 Å². The summed E-state index contributed by atoms with van der Waals surface area (Å²) in [5, 5.41) is 2.17. The van der Waals surface area contributed by atoms with Gasteiger partial charge in [-0.2, -0.15) is 0 Å². The summed E-state index contributed by atoms with van der Waals surface area (Å²) in [5.41, 5.74) is 1.11. The molecule has 1 fully saturated rings. The highest BCUT2D eigenvalue weighted by atomic mass is 16.2. The molecule has 1 aromatic rings. The molecule has 1 atom stereocenters. The van der Waals surface area contributed by atoms with E-state index in [0.29, 0.717) is 11.1 Å². The highest BCUT2D eigenvalue weighted by Crippen LogP contribution is 2.24. The van der Waals surface area contributed by atoms with Gasteiger partial charge in [-0.3, -0.25) is 29.4 Å². The van der Waals surface area contributed by atoms with Gasteiger partial charge in [-0.1, -0.05) is 18.2 Å². The van der Waals surface area contributed by atoms with Crippen LogP contribution >= 0.6 is 0 Å². The lowest BCUT2D eigenvalue weighted by molar-refractivity contribution is -0.143. The van der Waals surface area contributed by atoms with Gasteiger partial charge >= 0.3 is 0 Å². The van der Waals surface area contributed by atoms with Crippen LogP contribution in [0.25, 0.3) is 0 Å². The predicted molar refractivity (Wildman–Crippen MR) is 67.5 cm³/mol. The van der Waals surface area contributed by atoms with Gasteiger partial charge in [0.1, 0.15) is 6.04 Å². The van der Waals surface area contributed by atoms with E-state index < -0.39 is 23.8 Å². The molecule has 0 saturated carbocycles. The van der Waals surface area contributed by atoms with Gasteiger partial charge in [-0.05, 0) is 18.1 Å². The Balaban J connectivity index is 1.95. The molecule has 0 radical (unpaired) electrons. The average molecular weight is 272 g/mol. The molecular formula is C14H12N2O4. The van der Waals surface area contributed by atoms with Crippen LogP contribution in [0, 0.1) is 0 Å². The monoisotopic (exact) mass is 272 g/mol. The normalized spacial score (nSPS) is 22.6. The van der Waals surface area contributed by atoms with Gasteiger partial charge < -0.3 is 0 Å². The van der Waals surface area contributed by atoms with Gasteiger partial charge in [-0.25, -0.2) is 0 Å². The molecule has 4 amide bonds. The Labute approximate surface area is 114 Å². The first-order valence-corrected chi connectivity index (χ1v) is 6.36. The summed E-state index contributed by atoms with van der Waals surface area (Å²) in [6.45, 7) is 0. The molecule has 1 saturated heterocycles. The lowest BCUT2D eigenvalue weighted by Crippen LogP contribution is -2.57. The third-order valence-electron chi connectivity index (χ3n) is 3.60. The standard InChI is InChI=1S/C14H12N2O4/c17-11-6-5-10(13(19)15-11)16-12(18)7-8-3-1-2-4-9(8)14(16)20/h1-4,10H,5-7H2,(H,15,17,19)/t10-/m0/s1. The molecule has 0 spiro atoms. The summed E-state index contributed by atoms with van der Waals surface area (Å²) in [7, 11) is 0. The molecule has 20 heavy (non-hydrogen) atoms. The molecule has 2 aliphatic heterocycles. The number of imide groups is 2. The van der Waals surface area contributed by atoms with Crippen molar-refractivity contribution in [1.82, 2.24) is 10.2 Å². The van der Waals surface area contributed by atoms with Crippen molar-refractivity contribution in [2.45, 2.75) is 25.3 Å². The molecule has 6 nitrogen and oxygen atoms in total. The number of hydrogen-bond donors (Lipinski definition) is 1. The number of benzene rings is 1. The quantitative estimate of drug-likeness (QED) is 0.730. The lowest BCUT2D eigenvalue weighted by atomic mass is 9.95. The maximum absolute atomic E-state index is 12.4. The molecule has 0 bridgehead atoms. The topological polar surface area (TPSA) is 83.6 Å². The number of carbonyl (C=O) groups excluding carboxylic acids is 4. The summed E-state index contributed by atoms with van der Waals surface area (Å²) in [6, 6.07) is 5.97. The maximum Gasteiger partial charge on any atom is 0.261 e. The van der Waals surface area contributed by atoms with Crippen LogP contribution in [0.3, 0.4) is 0 Å². The van der Waals surface area contributed by atoms with Crippen molar-refractivity contribution in [1.29, 1.82) is 0 Å². The number of amides is 4. The number of rotatable bonds is 1. The molecule has 2 aliphatic rings. The number of hydrogen-bond acceptors (Lipinski definition) is 4. The summed E-state index contributed by atoms with van der Waals surface area (Å²) >= 11 is 0. The zero-order valence-electron chi connectivity index (χ0n) is 10.6. The van der Waals surface area contributed by atoms with E-state index in [4.69, 9.17) is 0 Å². The maximum atomic E-state index is 12.4. The van der Waals surface area contributed by atoms with Crippen molar-refractivity contribution in [3.05, 3.63) is 35.4 Å². The second-order valence-electron chi connectivity index (χ2n) is 4.87. The molecule has 3 rings (SSSR count). The number of carbonyl (C=O) groups is 4. The molecule has 102 valence electrons. The van der Waals surface area contributed by atoms with E-state index in [1.54, 1.807) is 24.3 Å². The van der Waals surface area contributed by atoms with Gasteiger partial charge in [0.05, 0.1) is 6.42 Å². The highest BCUT2D eigenvalue weighted by molar-refractivity contribution is 6.13. The molecule has 0 aromatic heterocycles. The Bertz CT molecular complexity index is 638. The van der Waals surface area contributed by atoms with E-state index in [1.807, 2.05) is 0 Å². The molecular weight excluding hydrogens is 260 g/mol. The van der Waals surface area contributed by atoms with Crippen LogP contribution in [-0.2, 0) is 20.8 Å². The van der Waals surface area contributed by atoms with Gasteiger partial charge in [0.2, 0.25) is 17.7 Å². The fourth-order valence-corrected chi connectivity index (χ4v) is 2.62. The molecule has 2 heterocycles. The summed E-state index contributed by atoms with van der Waals surface area (Å²) in [6.07, 6.45) is 0.416. The third-order valence-corrected chi connectivity index (χ3v) is 3.60. The first kappa shape index (κ1) is 12.5. The zero-order chi connectivity index (χ0) is 14.3. The minimum Gasteiger partial charge on any atom is -0.295 e. The first-order valence-electron chi connectivity index (χ1n) is 6.36. The number of piperidine rings is 1. The van der Waals surface area contributed by atoms with Crippen molar-refractivity contribution in [3.63, 3.8) is 0 Å².